The summed E-state index contributed by atoms with van der Waals surface area (Å²) in [6.45, 7) is 0. The number of carbonyl (C=O) groups is 2. The van der Waals surface area contributed by atoms with Gasteiger partial charge in [0.15, 0.2) is 0 Å². The lowest BCUT2D eigenvalue weighted by Crippen LogP contribution is -2.30. The van der Waals surface area contributed by atoms with E-state index in [2.05, 4.69) is 9.97 Å². The van der Waals surface area contributed by atoms with Crippen molar-refractivity contribution in [3.05, 3.63) is 88.8 Å². The van der Waals surface area contributed by atoms with Crippen molar-refractivity contribution < 1.29 is 19.1 Å². The summed E-state index contributed by atoms with van der Waals surface area (Å²) in [5.41, 5.74) is 1.63. The van der Waals surface area contributed by atoms with Crippen LogP contribution in [0.2, 0.25) is 5.02 Å². The van der Waals surface area contributed by atoms with Crippen LogP contribution in [0.25, 0.3) is 16.8 Å². The first-order valence-electron chi connectivity index (χ1n) is 9.09. The zero-order chi connectivity index (χ0) is 20.8. The van der Waals surface area contributed by atoms with E-state index in [1.807, 2.05) is 18.2 Å². The Hall–Kier alpha value is -3.84. The number of nitrogens with one attached hydrogen (secondary N) is 1. The molecule has 0 aliphatic carbocycles. The number of aliphatic hydroxyl groups excluding tert-OH is 1. The number of nitrogens with zero attached hydrogens (tertiary/aromatic N) is 2. The number of anilines is 1. The van der Waals surface area contributed by atoms with E-state index in [1.165, 1.54) is 11.2 Å². The molecule has 1 unspecified atom stereocenters. The van der Waals surface area contributed by atoms with Gasteiger partial charge in [0.25, 0.3) is 5.78 Å². The second-order valence-electron chi connectivity index (χ2n) is 6.77. The number of aliphatic hydroxyl groups is 1. The van der Waals surface area contributed by atoms with Gasteiger partial charge in [-0.2, -0.15) is 0 Å². The molecule has 0 radical (unpaired) electrons. The van der Waals surface area contributed by atoms with E-state index in [4.69, 9.17) is 16.0 Å². The minimum Gasteiger partial charge on any atom is -0.507 e. The molecule has 5 rings (SSSR count). The number of aromatic amines is 1. The number of benzene rings is 2. The SMILES string of the molecule is O=C1C(=O)N(c2nc3ccccc3[nH]2)C(c2ccco2)/C1=C(\O)c1ccc(Cl)cc1. The molecular weight excluding hydrogens is 406 g/mol. The number of fused-ring (bicyclic) bond motifs is 1. The molecule has 7 nitrogen and oxygen atoms in total. The van der Waals surface area contributed by atoms with Gasteiger partial charge in [-0.15, -0.1) is 0 Å². The van der Waals surface area contributed by atoms with Gasteiger partial charge in [0.1, 0.15) is 17.6 Å². The number of hydrogen-bond donors (Lipinski definition) is 2. The fourth-order valence-electron chi connectivity index (χ4n) is 3.58. The molecule has 1 atom stereocenters. The predicted octanol–water partition coefficient (Wildman–Crippen LogP) is 4.44. The first kappa shape index (κ1) is 18.2. The van der Waals surface area contributed by atoms with E-state index in [1.54, 1.807) is 42.5 Å². The minimum atomic E-state index is -0.976. The number of furan rings is 1. The molecule has 30 heavy (non-hydrogen) atoms. The van der Waals surface area contributed by atoms with E-state index < -0.39 is 17.7 Å². The van der Waals surface area contributed by atoms with E-state index >= 15 is 0 Å². The second kappa shape index (κ2) is 6.89. The van der Waals surface area contributed by atoms with Crippen LogP contribution in [0.15, 0.2) is 76.9 Å². The van der Waals surface area contributed by atoms with E-state index in [0.29, 0.717) is 27.4 Å². The lowest BCUT2D eigenvalue weighted by atomic mass is 9.99. The fourth-order valence-corrected chi connectivity index (χ4v) is 3.71. The molecule has 0 spiro atoms. The third kappa shape index (κ3) is 2.79. The number of Topliss-reactive ketones (excluding diaryl/α,β-unsaturated/α-hetero) is 1. The van der Waals surface area contributed by atoms with Crippen LogP contribution in [0.5, 0.6) is 0 Å². The van der Waals surface area contributed by atoms with Crippen LogP contribution < -0.4 is 4.90 Å². The highest BCUT2D eigenvalue weighted by Crippen LogP contribution is 2.41. The normalized spacial score (nSPS) is 18.4. The molecule has 4 aromatic rings. The lowest BCUT2D eigenvalue weighted by Gasteiger charge is -2.20. The number of H-pyrrole nitrogens is 1. The van der Waals surface area contributed by atoms with Crippen LogP contribution in [0, 0.1) is 0 Å². The molecule has 1 fully saturated rings. The Kier molecular flexibility index (Phi) is 4.18. The zero-order valence-electron chi connectivity index (χ0n) is 15.4. The molecule has 2 aromatic heterocycles. The van der Waals surface area contributed by atoms with Crippen molar-refractivity contribution in [1.82, 2.24) is 9.97 Å². The topological polar surface area (TPSA) is 99.4 Å². The Morgan fingerprint density at radius 3 is 2.53 bits per heavy atom. The average Bonchev–Trinajstić information content (AvgIpc) is 3.47. The highest BCUT2D eigenvalue weighted by atomic mass is 35.5. The molecule has 148 valence electrons. The van der Waals surface area contributed by atoms with Gasteiger partial charge >= 0.3 is 5.91 Å². The fraction of sp³-hybridized carbons (Fsp3) is 0.0455. The van der Waals surface area contributed by atoms with Crippen LogP contribution in [-0.4, -0.2) is 26.8 Å². The minimum absolute atomic E-state index is 0.0854. The third-order valence-electron chi connectivity index (χ3n) is 4.98. The van der Waals surface area contributed by atoms with Crippen molar-refractivity contribution in [3.63, 3.8) is 0 Å². The highest BCUT2D eigenvalue weighted by Gasteiger charge is 2.49. The molecule has 0 bridgehead atoms. The first-order chi connectivity index (χ1) is 14.5. The Labute approximate surface area is 175 Å². The van der Waals surface area contributed by atoms with Gasteiger partial charge in [-0.05, 0) is 48.5 Å². The summed E-state index contributed by atoms with van der Waals surface area (Å²) >= 11 is 5.93. The summed E-state index contributed by atoms with van der Waals surface area (Å²) in [4.78, 5) is 34.7. The average molecular weight is 420 g/mol. The van der Waals surface area contributed by atoms with Gasteiger partial charge in [-0.1, -0.05) is 23.7 Å². The van der Waals surface area contributed by atoms with Crippen LogP contribution in [-0.2, 0) is 9.59 Å². The van der Waals surface area contributed by atoms with E-state index in [-0.39, 0.29) is 17.3 Å². The number of amides is 1. The Morgan fingerprint density at radius 1 is 1.07 bits per heavy atom. The number of aromatic nitrogens is 2. The van der Waals surface area contributed by atoms with Crippen LogP contribution in [0.1, 0.15) is 17.4 Å². The van der Waals surface area contributed by atoms with Gasteiger partial charge in [0, 0.05) is 10.6 Å². The number of para-hydroxylation sites is 2. The number of hydrogen-bond acceptors (Lipinski definition) is 5. The van der Waals surface area contributed by atoms with Crippen molar-refractivity contribution in [1.29, 1.82) is 0 Å². The van der Waals surface area contributed by atoms with Crippen molar-refractivity contribution in [2.75, 3.05) is 4.90 Å². The molecule has 1 aliphatic heterocycles. The summed E-state index contributed by atoms with van der Waals surface area (Å²) < 4.78 is 5.52. The zero-order valence-corrected chi connectivity index (χ0v) is 16.1. The van der Waals surface area contributed by atoms with Crippen molar-refractivity contribution in [2.24, 2.45) is 0 Å². The largest absolute Gasteiger partial charge is 0.507 e. The highest BCUT2D eigenvalue weighted by molar-refractivity contribution is 6.51. The molecule has 2 N–H and O–H groups in total. The van der Waals surface area contributed by atoms with Gasteiger partial charge in [0.05, 0.1) is 22.9 Å². The maximum Gasteiger partial charge on any atom is 0.302 e. The second-order valence-corrected chi connectivity index (χ2v) is 7.21. The molecule has 1 aliphatic rings. The molecule has 3 heterocycles. The Morgan fingerprint density at radius 2 is 1.83 bits per heavy atom. The molecular formula is C22H14ClN3O4. The molecule has 2 aromatic carbocycles. The van der Waals surface area contributed by atoms with Gasteiger partial charge < -0.3 is 14.5 Å². The Balaban J connectivity index is 1.71. The third-order valence-corrected chi connectivity index (χ3v) is 5.23. The summed E-state index contributed by atoms with van der Waals surface area (Å²) in [7, 11) is 0. The van der Waals surface area contributed by atoms with E-state index in [9.17, 15) is 14.7 Å². The molecule has 1 saturated heterocycles. The number of rotatable bonds is 3. The number of carbonyl (C=O) groups excluding carboxylic acids is 2. The van der Waals surface area contributed by atoms with Crippen molar-refractivity contribution in [3.8, 4) is 0 Å². The van der Waals surface area contributed by atoms with Crippen molar-refractivity contribution >= 4 is 46.0 Å². The quantitative estimate of drug-likeness (QED) is 0.290. The smallest absolute Gasteiger partial charge is 0.302 e. The molecule has 0 saturated carbocycles. The van der Waals surface area contributed by atoms with E-state index in [0.717, 1.165) is 0 Å². The summed E-state index contributed by atoms with van der Waals surface area (Å²) in [5.74, 6) is -1.44. The maximum absolute atomic E-state index is 13.0. The Bertz CT molecular complexity index is 1270. The number of imidazole rings is 1. The molecule has 1 amide bonds. The monoisotopic (exact) mass is 419 g/mol. The maximum atomic E-state index is 13.0. The van der Waals surface area contributed by atoms with Gasteiger partial charge in [0.2, 0.25) is 5.95 Å². The first-order valence-corrected chi connectivity index (χ1v) is 9.47. The standard InChI is InChI=1S/C22H14ClN3O4/c23-13-9-7-12(8-10-13)19(27)17-18(16-6-3-11-30-16)26(21(29)20(17)28)22-24-14-4-1-2-5-15(14)25-22/h1-11,18,27H,(H,24,25)/b19-17+. The summed E-state index contributed by atoms with van der Waals surface area (Å²) in [6.07, 6.45) is 1.44. The lowest BCUT2D eigenvalue weighted by molar-refractivity contribution is -0.132. The van der Waals surface area contributed by atoms with Crippen LogP contribution in [0.4, 0.5) is 5.95 Å². The number of halogens is 1. The predicted molar refractivity (Wildman–Crippen MR) is 111 cm³/mol. The van der Waals surface area contributed by atoms with Gasteiger partial charge in [-0.3, -0.25) is 14.5 Å². The van der Waals surface area contributed by atoms with Crippen LogP contribution >= 0.6 is 11.6 Å². The van der Waals surface area contributed by atoms with Gasteiger partial charge in [-0.25, -0.2) is 4.98 Å². The van der Waals surface area contributed by atoms with Crippen molar-refractivity contribution in [2.45, 2.75) is 6.04 Å². The van der Waals surface area contributed by atoms with Crippen LogP contribution in [0.3, 0.4) is 0 Å². The number of ketones is 1. The molecule has 8 heteroatoms. The summed E-state index contributed by atoms with van der Waals surface area (Å²) in [6, 6.07) is 15.9. The summed E-state index contributed by atoms with van der Waals surface area (Å²) in [5, 5.41) is 11.4.